The fourth-order valence-electron chi connectivity index (χ4n) is 3.06. The molecule has 1 aromatic carbocycles. The van der Waals surface area contributed by atoms with Crippen LogP contribution in [-0.4, -0.2) is 30.5 Å². The highest BCUT2D eigenvalue weighted by atomic mass is 32.2. The number of nitrogens with zero attached hydrogens (tertiary/aromatic N) is 2. The second-order valence-corrected chi connectivity index (χ2v) is 7.46. The van der Waals surface area contributed by atoms with Gasteiger partial charge in [-0.05, 0) is 49.2 Å². The maximum Gasteiger partial charge on any atom is 0.322 e. The van der Waals surface area contributed by atoms with E-state index in [2.05, 4.69) is 5.32 Å². The smallest absolute Gasteiger partial charge is 0.322 e. The number of nitrogens with two attached hydrogens (primary N) is 1. The molecule has 1 aliphatic heterocycles. The Hall–Kier alpha value is -2.32. The van der Waals surface area contributed by atoms with Crippen LogP contribution in [0.2, 0.25) is 0 Å². The van der Waals surface area contributed by atoms with Crippen molar-refractivity contribution < 1.29 is 13.2 Å². The molecule has 1 fully saturated rings. The highest BCUT2D eigenvalue weighted by Gasteiger charge is 2.31. The number of carbonyl (C=O) groups excluding carboxylic acids is 1. The lowest BCUT2D eigenvalue weighted by atomic mass is 10.1. The van der Waals surface area contributed by atoms with Crippen molar-refractivity contribution in [1.82, 2.24) is 9.47 Å². The molecule has 0 aliphatic carbocycles. The van der Waals surface area contributed by atoms with Crippen LogP contribution in [0, 0.1) is 0 Å². The first-order valence-corrected chi connectivity index (χ1v) is 9.22. The number of hydrogen-bond donors (Lipinski definition) is 2. The van der Waals surface area contributed by atoms with Crippen LogP contribution in [0.5, 0.6) is 0 Å². The predicted octanol–water partition coefficient (Wildman–Crippen LogP) is 2.04. The quantitative estimate of drug-likeness (QED) is 0.888. The first kappa shape index (κ1) is 16.5. The molecule has 2 aromatic rings. The number of rotatable bonds is 3. The molecule has 0 bridgehead atoms. The molecule has 0 saturated carbocycles. The second kappa shape index (κ2) is 6.29. The summed E-state index contributed by atoms with van der Waals surface area (Å²) in [6, 6.07) is 9.67. The molecule has 2 amide bonds. The standard InChI is InChI=1S/C16H20N4O3S/c1-19-10-2-4-14(19)15-5-3-11-20(15)16(21)18-12-6-8-13(9-7-12)24(17,22)23/h2,4,6-10,15H,3,5,11H2,1H3,(H,18,21)(H2,17,22,23)/t15-/m1/s1. The van der Waals surface area contributed by atoms with E-state index in [1.165, 1.54) is 24.3 Å². The van der Waals surface area contributed by atoms with Crippen molar-refractivity contribution in [1.29, 1.82) is 0 Å². The van der Waals surface area contributed by atoms with E-state index in [9.17, 15) is 13.2 Å². The van der Waals surface area contributed by atoms with Gasteiger partial charge in [0.15, 0.2) is 0 Å². The van der Waals surface area contributed by atoms with Gasteiger partial charge in [-0.1, -0.05) is 0 Å². The molecular formula is C16H20N4O3S. The van der Waals surface area contributed by atoms with Crippen molar-refractivity contribution in [2.24, 2.45) is 12.2 Å². The summed E-state index contributed by atoms with van der Waals surface area (Å²) in [7, 11) is -1.76. The lowest BCUT2D eigenvalue weighted by Gasteiger charge is -2.25. The summed E-state index contributed by atoms with van der Waals surface area (Å²) in [5, 5.41) is 7.88. The van der Waals surface area contributed by atoms with Crippen molar-refractivity contribution >= 4 is 21.7 Å². The zero-order valence-corrected chi connectivity index (χ0v) is 14.2. The summed E-state index contributed by atoms with van der Waals surface area (Å²) < 4.78 is 24.5. The highest BCUT2D eigenvalue weighted by Crippen LogP contribution is 2.32. The fraction of sp³-hybridized carbons (Fsp3) is 0.312. The Morgan fingerprint density at radius 2 is 1.96 bits per heavy atom. The minimum absolute atomic E-state index is 0.0170. The first-order valence-electron chi connectivity index (χ1n) is 7.68. The van der Waals surface area contributed by atoms with Crippen LogP contribution in [0.1, 0.15) is 24.6 Å². The largest absolute Gasteiger partial charge is 0.353 e. The van der Waals surface area contributed by atoms with Crippen molar-refractivity contribution in [3.63, 3.8) is 0 Å². The second-order valence-electron chi connectivity index (χ2n) is 5.89. The molecule has 1 atom stereocenters. The Balaban J connectivity index is 1.73. The summed E-state index contributed by atoms with van der Waals surface area (Å²) in [6.07, 6.45) is 3.85. The molecule has 1 aromatic heterocycles. The van der Waals surface area contributed by atoms with Gasteiger partial charge in [-0.25, -0.2) is 18.4 Å². The third-order valence-corrected chi connectivity index (χ3v) is 5.20. The van der Waals surface area contributed by atoms with Crippen LogP contribution >= 0.6 is 0 Å². The van der Waals surface area contributed by atoms with Crippen LogP contribution in [0.4, 0.5) is 10.5 Å². The monoisotopic (exact) mass is 348 g/mol. The molecule has 1 aliphatic rings. The third kappa shape index (κ3) is 3.29. The van der Waals surface area contributed by atoms with Gasteiger partial charge in [0.2, 0.25) is 10.0 Å². The minimum Gasteiger partial charge on any atom is -0.353 e. The molecule has 7 nitrogen and oxygen atoms in total. The average Bonchev–Trinajstić information content (AvgIpc) is 3.15. The number of sulfonamides is 1. The Morgan fingerprint density at radius 1 is 1.25 bits per heavy atom. The molecule has 2 heterocycles. The number of anilines is 1. The SMILES string of the molecule is Cn1cccc1[C@H]1CCCN1C(=O)Nc1ccc(S(N)(=O)=O)cc1. The van der Waals surface area contributed by atoms with Gasteiger partial charge in [-0.2, -0.15) is 0 Å². The molecule has 0 radical (unpaired) electrons. The number of likely N-dealkylation sites (tertiary alicyclic amines) is 1. The predicted molar refractivity (Wildman–Crippen MR) is 90.9 cm³/mol. The highest BCUT2D eigenvalue weighted by molar-refractivity contribution is 7.89. The normalized spacial score (nSPS) is 17.9. The number of amides is 2. The van der Waals surface area contributed by atoms with Gasteiger partial charge in [-0.15, -0.1) is 0 Å². The number of nitrogens with one attached hydrogen (secondary N) is 1. The number of benzene rings is 1. The molecular weight excluding hydrogens is 328 g/mol. The van der Waals surface area contributed by atoms with E-state index in [0.717, 1.165) is 18.5 Å². The topological polar surface area (TPSA) is 97.4 Å². The Labute approximate surface area is 141 Å². The van der Waals surface area contributed by atoms with E-state index < -0.39 is 10.0 Å². The Morgan fingerprint density at radius 3 is 2.54 bits per heavy atom. The molecule has 1 saturated heterocycles. The summed E-state index contributed by atoms with van der Waals surface area (Å²) in [5.74, 6) is 0. The van der Waals surface area contributed by atoms with E-state index in [-0.39, 0.29) is 17.0 Å². The van der Waals surface area contributed by atoms with Crippen LogP contribution in [0.3, 0.4) is 0 Å². The van der Waals surface area contributed by atoms with E-state index in [0.29, 0.717) is 12.2 Å². The molecule has 0 unspecified atom stereocenters. The summed E-state index contributed by atoms with van der Waals surface area (Å²) in [5.41, 5.74) is 1.64. The van der Waals surface area contributed by atoms with Gasteiger partial charge in [0.25, 0.3) is 0 Å². The maximum absolute atomic E-state index is 12.6. The number of carbonyl (C=O) groups is 1. The van der Waals surface area contributed by atoms with Crippen molar-refractivity contribution in [3.05, 3.63) is 48.3 Å². The van der Waals surface area contributed by atoms with Gasteiger partial charge in [-0.3, -0.25) is 0 Å². The van der Waals surface area contributed by atoms with Crippen LogP contribution in [-0.2, 0) is 17.1 Å². The van der Waals surface area contributed by atoms with Crippen LogP contribution in [0.25, 0.3) is 0 Å². The minimum atomic E-state index is -3.73. The molecule has 3 N–H and O–H groups in total. The van der Waals surface area contributed by atoms with Crippen molar-refractivity contribution in [2.75, 3.05) is 11.9 Å². The number of aryl methyl sites for hydroxylation is 1. The average molecular weight is 348 g/mol. The lowest BCUT2D eigenvalue weighted by Crippen LogP contribution is -2.35. The molecule has 128 valence electrons. The molecule has 3 rings (SSSR count). The Kier molecular flexibility index (Phi) is 4.33. The summed E-state index contributed by atoms with van der Waals surface area (Å²) in [6.45, 7) is 0.691. The Bertz CT molecular complexity index is 842. The number of hydrogen-bond acceptors (Lipinski definition) is 3. The van der Waals surface area contributed by atoms with Crippen LogP contribution < -0.4 is 10.5 Å². The zero-order chi connectivity index (χ0) is 17.3. The first-order chi connectivity index (χ1) is 11.4. The summed E-state index contributed by atoms with van der Waals surface area (Å²) >= 11 is 0. The van der Waals surface area contributed by atoms with Gasteiger partial charge in [0.1, 0.15) is 0 Å². The number of primary sulfonamides is 1. The zero-order valence-electron chi connectivity index (χ0n) is 13.3. The van der Waals surface area contributed by atoms with E-state index >= 15 is 0 Å². The van der Waals surface area contributed by atoms with Gasteiger partial charge in [0.05, 0.1) is 10.9 Å². The summed E-state index contributed by atoms with van der Waals surface area (Å²) in [4.78, 5) is 14.4. The van der Waals surface area contributed by atoms with Gasteiger partial charge >= 0.3 is 6.03 Å². The van der Waals surface area contributed by atoms with Crippen LogP contribution in [0.15, 0.2) is 47.5 Å². The van der Waals surface area contributed by atoms with Crippen molar-refractivity contribution in [3.8, 4) is 0 Å². The van der Waals surface area contributed by atoms with E-state index in [1.807, 2.05) is 34.8 Å². The fourth-order valence-corrected chi connectivity index (χ4v) is 3.58. The lowest BCUT2D eigenvalue weighted by molar-refractivity contribution is 0.205. The molecule has 0 spiro atoms. The maximum atomic E-state index is 12.6. The molecule has 24 heavy (non-hydrogen) atoms. The van der Waals surface area contributed by atoms with E-state index in [4.69, 9.17) is 5.14 Å². The van der Waals surface area contributed by atoms with Gasteiger partial charge in [0, 0.05) is 31.2 Å². The van der Waals surface area contributed by atoms with Crippen molar-refractivity contribution in [2.45, 2.75) is 23.8 Å². The number of urea groups is 1. The van der Waals surface area contributed by atoms with E-state index in [1.54, 1.807) is 0 Å². The third-order valence-electron chi connectivity index (χ3n) is 4.27. The molecule has 8 heteroatoms. The van der Waals surface area contributed by atoms with Gasteiger partial charge < -0.3 is 14.8 Å². The number of aromatic nitrogens is 1.